The number of hydrogen-bond acceptors (Lipinski definition) is 3. The molecule has 0 spiro atoms. The van der Waals surface area contributed by atoms with Gasteiger partial charge in [-0.05, 0) is 66.2 Å². The topological polar surface area (TPSA) is 55.2 Å². The Morgan fingerprint density at radius 2 is 1.88 bits per heavy atom. The fraction of sp³-hybridized carbons (Fsp3) is 0.400. The van der Waals surface area contributed by atoms with E-state index in [1.807, 2.05) is 24.3 Å². The molecule has 5 rings (SSSR count). The van der Waals surface area contributed by atoms with E-state index in [-0.39, 0.29) is 16.7 Å². The van der Waals surface area contributed by atoms with Crippen molar-refractivity contribution in [2.45, 2.75) is 31.2 Å². The lowest BCUT2D eigenvalue weighted by Crippen LogP contribution is -2.35. The highest BCUT2D eigenvalue weighted by Gasteiger charge is 2.54. The van der Waals surface area contributed by atoms with Crippen LogP contribution in [0.2, 0.25) is 5.02 Å². The summed E-state index contributed by atoms with van der Waals surface area (Å²) in [7, 11) is 0. The number of nitrogens with zero attached hydrogens (tertiary/aromatic N) is 1. The molecule has 0 saturated heterocycles. The second kappa shape index (κ2) is 5.46. The van der Waals surface area contributed by atoms with Gasteiger partial charge in [-0.2, -0.15) is 0 Å². The first kappa shape index (κ1) is 15.2. The molecule has 3 aliphatic rings. The summed E-state index contributed by atoms with van der Waals surface area (Å²) in [6.07, 6.45) is 3.74. The number of anilines is 1. The highest BCUT2D eigenvalue weighted by Crippen LogP contribution is 2.64. The molecule has 1 heterocycles. The normalized spacial score (nSPS) is 32.0. The van der Waals surface area contributed by atoms with Crippen molar-refractivity contribution < 1.29 is 4.92 Å². The zero-order chi connectivity index (χ0) is 17.1. The molecular formula is C20H19ClN2O2. The van der Waals surface area contributed by atoms with Gasteiger partial charge in [0, 0.05) is 22.8 Å². The maximum atomic E-state index is 11.2. The van der Waals surface area contributed by atoms with Gasteiger partial charge in [0.05, 0.1) is 11.0 Å². The minimum absolute atomic E-state index is 0.183. The maximum Gasteiger partial charge on any atom is 0.269 e. The van der Waals surface area contributed by atoms with Crippen LogP contribution in [0.1, 0.15) is 42.3 Å². The van der Waals surface area contributed by atoms with Crippen LogP contribution in [-0.2, 0) is 0 Å². The van der Waals surface area contributed by atoms with Crippen LogP contribution < -0.4 is 5.32 Å². The second-order valence-corrected chi connectivity index (χ2v) is 8.02. The van der Waals surface area contributed by atoms with Gasteiger partial charge < -0.3 is 5.32 Å². The molecule has 0 radical (unpaired) electrons. The van der Waals surface area contributed by atoms with Crippen LogP contribution in [0.3, 0.4) is 0 Å². The highest BCUT2D eigenvalue weighted by atomic mass is 35.5. The lowest BCUT2D eigenvalue weighted by atomic mass is 9.68. The molecule has 4 nitrogen and oxygen atoms in total. The molecule has 2 fully saturated rings. The van der Waals surface area contributed by atoms with Gasteiger partial charge in [-0.25, -0.2) is 0 Å². The Kier molecular flexibility index (Phi) is 3.32. The Balaban J connectivity index is 1.65. The number of nitrogens with one attached hydrogen (secondary N) is 1. The average molecular weight is 355 g/mol. The molecule has 2 bridgehead atoms. The standard InChI is InChI=1S/C20H19ClN2O2/c21-16-4-2-1-3-14(16)20-19-12-6-5-11(9-12)18(19)15-10-13(23(24)25)7-8-17(15)22-20/h1-4,7-8,10-12,18-20,22H,5-6,9H2/t11-,12-,18-,19+,20-/m0/s1. The minimum Gasteiger partial charge on any atom is -0.378 e. The SMILES string of the molecule is O=[N+]([O-])c1ccc2c(c1)[C@@H]1[C@H]3CC[C@@H](C3)[C@H]1[C@H](c1ccccc1Cl)N2. The molecule has 2 aliphatic carbocycles. The van der Waals surface area contributed by atoms with E-state index in [0.29, 0.717) is 23.7 Å². The van der Waals surface area contributed by atoms with Crippen LogP contribution in [0.25, 0.3) is 0 Å². The summed E-state index contributed by atoms with van der Waals surface area (Å²) in [5, 5.41) is 15.7. The number of halogens is 1. The first-order valence-corrected chi connectivity index (χ1v) is 9.30. The predicted molar refractivity (Wildman–Crippen MR) is 98.0 cm³/mol. The summed E-state index contributed by atoms with van der Waals surface area (Å²) in [5.74, 6) is 2.18. The van der Waals surface area contributed by atoms with Crippen molar-refractivity contribution in [2.75, 3.05) is 5.32 Å². The summed E-state index contributed by atoms with van der Waals surface area (Å²) in [6.45, 7) is 0. The van der Waals surface area contributed by atoms with Crippen LogP contribution in [0.15, 0.2) is 42.5 Å². The van der Waals surface area contributed by atoms with Crippen LogP contribution >= 0.6 is 11.6 Å². The van der Waals surface area contributed by atoms with E-state index in [1.165, 1.54) is 19.3 Å². The smallest absolute Gasteiger partial charge is 0.269 e. The summed E-state index contributed by atoms with van der Waals surface area (Å²) in [5.41, 5.74) is 3.51. The van der Waals surface area contributed by atoms with E-state index < -0.39 is 0 Å². The molecule has 0 aromatic heterocycles. The van der Waals surface area contributed by atoms with Gasteiger partial charge in [0.15, 0.2) is 0 Å². The van der Waals surface area contributed by atoms with Crippen LogP contribution in [0, 0.1) is 27.9 Å². The Hall–Kier alpha value is -2.07. The molecule has 25 heavy (non-hydrogen) atoms. The molecule has 0 amide bonds. The fourth-order valence-corrected chi connectivity index (χ4v) is 5.88. The largest absolute Gasteiger partial charge is 0.378 e. The summed E-state index contributed by atoms with van der Waals surface area (Å²) < 4.78 is 0. The van der Waals surface area contributed by atoms with Crippen molar-refractivity contribution in [3.8, 4) is 0 Å². The maximum absolute atomic E-state index is 11.2. The first-order valence-electron chi connectivity index (χ1n) is 8.93. The molecule has 2 aromatic rings. The molecule has 2 aromatic carbocycles. The van der Waals surface area contributed by atoms with Crippen LogP contribution in [-0.4, -0.2) is 4.92 Å². The zero-order valence-electron chi connectivity index (χ0n) is 13.7. The number of hydrogen-bond donors (Lipinski definition) is 1. The Morgan fingerprint density at radius 1 is 1.08 bits per heavy atom. The molecule has 5 atom stereocenters. The number of rotatable bonds is 2. The minimum atomic E-state index is -0.289. The number of nitro benzene ring substituents is 1. The van der Waals surface area contributed by atoms with E-state index in [9.17, 15) is 10.1 Å². The summed E-state index contributed by atoms with van der Waals surface area (Å²) >= 11 is 6.51. The average Bonchev–Trinajstić information content (AvgIpc) is 3.23. The lowest BCUT2D eigenvalue weighted by Gasteiger charge is -2.43. The number of non-ortho nitro benzene ring substituents is 1. The quantitative estimate of drug-likeness (QED) is 0.568. The van der Waals surface area contributed by atoms with E-state index in [0.717, 1.165) is 21.8 Å². The number of nitro groups is 1. The third-order valence-corrected chi connectivity index (χ3v) is 6.87. The number of fused-ring (bicyclic) bond motifs is 7. The van der Waals surface area contributed by atoms with E-state index in [1.54, 1.807) is 12.1 Å². The fourth-order valence-electron chi connectivity index (χ4n) is 5.62. The molecule has 0 unspecified atom stereocenters. The zero-order valence-corrected chi connectivity index (χ0v) is 14.4. The molecule has 5 heteroatoms. The lowest BCUT2D eigenvalue weighted by molar-refractivity contribution is -0.384. The van der Waals surface area contributed by atoms with E-state index in [2.05, 4.69) is 11.4 Å². The van der Waals surface area contributed by atoms with Crippen molar-refractivity contribution in [3.63, 3.8) is 0 Å². The Labute approximate surface area is 151 Å². The van der Waals surface area contributed by atoms with Gasteiger partial charge in [-0.3, -0.25) is 10.1 Å². The van der Waals surface area contributed by atoms with Gasteiger partial charge in [-0.15, -0.1) is 0 Å². The summed E-state index contributed by atoms with van der Waals surface area (Å²) in [6, 6.07) is 13.5. The number of benzene rings is 2. The Bertz CT molecular complexity index is 869. The van der Waals surface area contributed by atoms with Crippen molar-refractivity contribution >= 4 is 23.0 Å². The van der Waals surface area contributed by atoms with Gasteiger partial charge >= 0.3 is 0 Å². The predicted octanol–water partition coefficient (Wildman–Crippen LogP) is 5.54. The van der Waals surface area contributed by atoms with E-state index in [4.69, 9.17) is 11.6 Å². The van der Waals surface area contributed by atoms with E-state index >= 15 is 0 Å². The molecule has 2 saturated carbocycles. The third kappa shape index (κ3) is 2.20. The monoisotopic (exact) mass is 354 g/mol. The summed E-state index contributed by atoms with van der Waals surface area (Å²) in [4.78, 5) is 10.9. The van der Waals surface area contributed by atoms with Gasteiger partial charge in [0.25, 0.3) is 5.69 Å². The van der Waals surface area contributed by atoms with Crippen LogP contribution in [0.4, 0.5) is 11.4 Å². The second-order valence-electron chi connectivity index (χ2n) is 7.61. The van der Waals surface area contributed by atoms with Gasteiger partial charge in [0.1, 0.15) is 0 Å². The molecule has 1 aliphatic heterocycles. The Morgan fingerprint density at radius 3 is 2.68 bits per heavy atom. The molecular weight excluding hydrogens is 336 g/mol. The first-order chi connectivity index (χ1) is 12.1. The van der Waals surface area contributed by atoms with Crippen molar-refractivity contribution in [3.05, 3.63) is 68.7 Å². The van der Waals surface area contributed by atoms with Crippen molar-refractivity contribution in [2.24, 2.45) is 17.8 Å². The van der Waals surface area contributed by atoms with Crippen molar-refractivity contribution in [1.82, 2.24) is 0 Å². The van der Waals surface area contributed by atoms with Gasteiger partial charge in [0.2, 0.25) is 0 Å². The van der Waals surface area contributed by atoms with Crippen molar-refractivity contribution in [1.29, 1.82) is 0 Å². The highest BCUT2D eigenvalue weighted by molar-refractivity contribution is 6.31. The molecule has 128 valence electrons. The van der Waals surface area contributed by atoms with Gasteiger partial charge in [-0.1, -0.05) is 29.8 Å². The van der Waals surface area contributed by atoms with Crippen LogP contribution in [0.5, 0.6) is 0 Å². The third-order valence-electron chi connectivity index (χ3n) is 6.52. The molecule has 1 N–H and O–H groups in total.